The van der Waals surface area contributed by atoms with Crippen LogP contribution in [0, 0.1) is 0 Å². The van der Waals surface area contributed by atoms with E-state index in [1.165, 1.54) is 11.8 Å². The number of benzene rings is 1. The molecule has 21 heavy (non-hydrogen) atoms. The predicted octanol–water partition coefficient (Wildman–Crippen LogP) is 4.24. The second kappa shape index (κ2) is 8.86. The minimum Gasteiger partial charge on any atom is -0.338 e. The lowest BCUT2D eigenvalue weighted by molar-refractivity contribution is 0.382. The molecule has 1 heterocycles. The normalized spacial score (nSPS) is 12.0. The van der Waals surface area contributed by atoms with Gasteiger partial charge >= 0.3 is 0 Å². The number of likely N-dealkylation sites (N-methyl/N-ethyl adjacent to an activating group) is 1. The fraction of sp³-hybridized carbons (Fsp3) is 0.385. The average molecular weight is 369 g/mol. The first kappa shape index (κ1) is 18.6. The van der Waals surface area contributed by atoms with Crippen molar-refractivity contribution in [2.45, 2.75) is 30.0 Å². The van der Waals surface area contributed by atoms with E-state index in [0.29, 0.717) is 33.6 Å². The standard InChI is InChI=1S/C13H15Cl2N3OS.ClH/c1-8(16-2)5-12-17-13(19-18-12)7-20-11-6-9(14)3-4-10(11)15;/h3-4,6,8,16H,5,7H2,1-2H3;1H. The number of halogens is 3. The molecule has 0 amide bonds. The minimum atomic E-state index is 0. The second-order valence-corrected chi connectivity index (χ2v) is 6.22. The molecule has 0 fully saturated rings. The van der Waals surface area contributed by atoms with Gasteiger partial charge in [-0.25, -0.2) is 0 Å². The molecule has 0 bridgehead atoms. The third-order valence-electron chi connectivity index (χ3n) is 2.74. The maximum Gasteiger partial charge on any atom is 0.237 e. The molecule has 0 aliphatic rings. The summed E-state index contributed by atoms with van der Waals surface area (Å²) in [4.78, 5) is 5.26. The Labute approximate surface area is 144 Å². The molecule has 8 heteroatoms. The van der Waals surface area contributed by atoms with Crippen molar-refractivity contribution in [2.24, 2.45) is 0 Å². The first-order chi connectivity index (χ1) is 9.58. The van der Waals surface area contributed by atoms with Crippen molar-refractivity contribution in [2.75, 3.05) is 7.05 Å². The van der Waals surface area contributed by atoms with Crippen molar-refractivity contribution in [3.63, 3.8) is 0 Å². The molecule has 1 aromatic carbocycles. The maximum absolute atomic E-state index is 6.10. The molecular formula is C13H16Cl3N3OS. The SMILES string of the molecule is CNC(C)Cc1noc(CSc2cc(Cl)ccc2Cl)n1.Cl. The Morgan fingerprint density at radius 1 is 1.38 bits per heavy atom. The largest absolute Gasteiger partial charge is 0.338 e. The molecule has 1 aromatic heterocycles. The van der Waals surface area contributed by atoms with Crippen LogP contribution in [0.15, 0.2) is 27.6 Å². The van der Waals surface area contributed by atoms with Gasteiger partial charge < -0.3 is 9.84 Å². The molecular weight excluding hydrogens is 353 g/mol. The van der Waals surface area contributed by atoms with Gasteiger partial charge in [0.05, 0.1) is 10.8 Å². The molecule has 0 radical (unpaired) electrons. The van der Waals surface area contributed by atoms with Crippen LogP contribution >= 0.6 is 47.4 Å². The highest BCUT2D eigenvalue weighted by Gasteiger charge is 2.11. The van der Waals surface area contributed by atoms with E-state index < -0.39 is 0 Å². The van der Waals surface area contributed by atoms with Gasteiger partial charge in [-0.15, -0.1) is 24.2 Å². The van der Waals surface area contributed by atoms with Crippen molar-refractivity contribution >= 4 is 47.4 Å². The summed E-state index contributed by atoms with van der Waals surface area (Å²) in [6.07, 6.45) is 0.739. The number of rotatable bonds is 6. The van der Waals surface area contributed by atoms with Crippen LogP contribution in [0.25, 0.3) is 0 Å². The number of thioether (sulfide) groups is 1. The molecule has 1 N–H and O–H groups in total. The number of hydrogen-bond donors (Lipinski definition) is 1. The van der Waals surface area contributed by atoms with Crippen molar-refractivity contribution < 1.29 is 4.52 Å². The Bertz CT molecular complexity index is 580. The van der Waals surface area contributed by atoms with Gasteiger partial charge in [0.25, 0.3) is 0 Å². The molecule has 1 atom stereocenters. The fourth-order valence-corrected chi connectivity index (χ4v) is 2.87. The van der Waals surface area contributed by atoms with Gasteiger partial charge in [0.2, 0.25) is 5.89 Å². The summed E-state index contributed by atoms with van der Waals surface area (Å²) < 4.78 is 5.22. The van der Waals surface area contributed by atoms with Crippen molar-refractivity contribution in [1.82, 2.24) is 15.5 Å². The first-order valence-corrected chi connectivity index (χ1v) is 7.89. The van der Waals surface area contributed by atoms with Crippen LogP contribution < -0.4 is 5.32 Å². The van der Waals surface area contributed by atoms with Gasteiger partial charge in [0.15, 0.2) is 5.82 Å². The summed E-state index contributed by atoms with van der Waals surface area (Å²) in [6, 6.07) is 5.68. The number of nitrogens with zero attached hydrogens (tertiary/aromatic N) is 2. The van der Waals surface area contributed by atoms with Crippen molar-refractivity contribution in [1.29, 1.82) is 0 Å². The predicted molar refractivity (Wildman–Crippen MR) is 89.8 cm³/mol. The molecule has 0 aliphatic heterocycles. The molecule has 0 saturated heterocycles. The molecule has 2 aromatic rings. The highest BCUT2D eigenvalue weighted by Crippen LogP contribution is 2.31. The zero-order chi connectivity index (χ0) is 14.5. The summed E-state index contributed by atoms with van der Waals surface area (Å²) in [7, 11) is 1.91. The Balaban J connectivity index is 0.00000220. The summed E-state index contributed by atoms with van der Waals surface area (Å²) in [5.41, 5.74) is 0. The monoisotopic (exact) mass is 367 g/mol. The Hall–Kier alpha value is -0.460. The minimum absolute atomic E-state index is 0. The molecule has 0 saturated carbocycles. The third-order valence-corrected chi connectivity index (χ3v) is 4.45. The fourth-order valence-electron chi connectivity index (χ4n) is 1.53. The van der Waals surface area contributed by atoms with E-state index >= 15 is 0 Å². The van der Waals surface area contributed by atoms with Gasteiger partial charge in [0.1, 0.15) is 0 Å². The summed E-state index contributed by atoms with van der Waals surface area (Å²) >= 11 is 13.6. The third kappa shape index (κ3) is 5.68. The number of nitrogens with one attached hydrogen (secondary N) is 1. The Kier molecular flexibility index (Phi) is 7.84. The molecule has 116 valence electrons. The lowest BCUT2D eigenvalue weighted by Crippen LogP contribution is -2.24. The van der Waals surface area contributed by atoms with E-state index in [9.17, 15) is 0 Å². The van der Waals surface area contributed by atoms with E-state index in [1.807, 2.05) is 13.1 Å². The zero-order valence-electron chi connectivity index (χ0n) is 11.6. The van der Waals surface area contributed by atoms with Crippen LogP contribution in [-0.4, -0.2) is 23.2 Å². The van der Waals surface area contributed by atoms with Crippen LogP contribution in [0.3, 0.4) is 0 Å². The van der Waals surface area contributed by atoms with Gasteiger partial charge in [0, 0.05) is 22.4 Å². The highest BCUT2D eigenvalue weighted by atomic mass is 35.5. The van der Waals surface area contributed by atoms with E-state index in [1.54, 1.807) is 12.1 Å². The van der Waals surface area contributed by atoms with Gasteiger partial charge in [-0.3, -0.25) is 0 Å². The lowest BCUT2D eigenvalue weighted by Gasteiger charge is -2.04. The lowest BCUT2D eigenvalue weighted by atomic mass is 10.2. The van der Waals surface area contributed by atoms with Crippen LogP contribution in [0.5, 0.6) is 0 Å². The second-order valence-electron chi connectivity index (χ2n) is 4.36. The van der Waals surface area contributed by atoms with Crippen LogP contribution in [-0.2, 0) is 12.2 Å². The van der Waals surface area contributed by atoms with Gasteiger partial charge in [-0.2, -0.15) is 4.98 Å². The molecule has 1 unspecified atom stereocenters. The Morgan fingerprint density at radius 3 is 2.86 bits per heavy atom. The van der Waals surface area contributed by atoms with E-state index in [4.69, 9.17) is 27.7 Å². The zero-order valence-corrected chi connectivity index (χ0v) is 14.7. The van der Waals surface area contributed by atoms with Gasteiger partial charge in [-0.05, 0) is 32.2 Å². The van der Waals surface area contributed by atoms with Crippen LogP contribution in [0.2, 0.25) is 10.0 Å². The molecule has 4 nitrogen and oxygen atoms in total. The summed E-state index contributed by atoms with van der Waals surface area (Å²) in [5.74, 6) is 1.87. The highest BCUT2D eigenvalue weighted by molar-refractivity contribution is 7.98. The van der Waals surface area contributed by atoms with Crippen LogP contribution in [0.1, 0.15) is 18.6 Å². The average Bonchev–Trinajstić information content (AvgIpc) is 2.87. The molecule has 0 spiro atoms. The maximum atomic E-state index is 6.10. The molecule has 2 rings (SSSR count). The van der Waals surface area contributed by atoms with Gasteiger partial charge in [-0.1, -0.05) is 28.4 Å². The quantitative estimate of drug-likeness (QED) is 0.773. The molecule has 0 aliphatic carbocycles. The Morgan fingerprint density at radius 2 is 2.14 bits per heavy atom. The van der Waals surface area contributed by atoms with Crippen molar-refractivity contribution in [3.8, 4) is 0 Å². The van der Waals surface area contributed by atoms with Crippen LogP contribution in [0.4, 0.5) is 0 Å². The van der Waals surface area contributed by atoms with E-state index in [-0.39, 0.29) is 12.4 Å². The smallest absolute Gasteiger partial charge is 0.237 e. The summed E-state index contributed by atoms with van der Waals surface area (Å²) in [6.45, 7) is 2.07. The topological polar surface area (TPSA) is 51.0 Å². The van der Waals surface area contributed by atoms with E-state index in [2.05, 4.69) is 22.4 Å². The first-order valence-electron chi connectivity index (χ1n) is 6.15. The number of hydrogen-bond acceptors (Lipinski definition) is 5. The van der Waals surface area contributed by atoms with E-state index in [0.717, 1.165) is 11.3 Å². The summed E-state index contributed by atoms with van der Waals surface area (Å²) in [5, 5.41) is 8.42. The van der Waals surface area contributed by atoms with Crippen molar-refractivity contribution in [3.05, 3.63) is 40.0 Å². The number of aromatic nitrogens is 2.